The largest absolute Gasteiger partial charge is 0.374 e. The number of rotatable bonds is 3. The van der Waals surface area contributed by atoms with Crippen LogP contribution in [0.1, 0.15) is 13.3 Å². The molecule has 0 radical (unpaired) electrons. The van der Waals surface area contributed by atoms with Crippen LogP contribution < -0.4 is 5.32 Å². The molecule has 1 aliphatic heterocycles. The number of alkyl halides is 1. The topological polar surface area (TPSA) is 21.3 Å². The fourth-order valence-electron chi connectivity index (χ4n) is 1.23. The standard InChI is InChI=1S/C7H14FNO/c1-6-4-7(5-9-6)10-3-2-8/h6-7,9H,2-5H2,1H3/t6-,7-/m0/s1. The first-order valence-corrected chi connectivity index (χ1v) is 3.74. The predicted molar refractivity (Wildman–Crippen MR) is 37.8 cm³/mol. The average molecular weight is 147 g/mol. The summed E-state index contributed by atoms with van der Waals surface area (Å²) in [6.45, 7) is 2.86. The maximum Gasteiger partial charge on any atom is 0.113 e. The molecule has 0 aromatic heterocycles. The van der Waals surface area contributed by atoms with E-state index in [0.29, 0.717) is 6.04 Å². The summed E-state index contributed by atoms with van der Waals surface area (Å²) >= 11 is 0. The van der Waals surface area contributed by atoms with E-state index < -0.39 is 0 Å². The molecule has 0 bridgehead atoms. The lowest BCUT2D eigenvalue weighted by Gasteiger charge is -2.07. The van der Waals surface area contributed by atoms with Crippen molar-refractivity contribution < 1.29 is 9.13 Å². The van der Waals surface area contributed by atoms with Crippen molar-refractivity contribution in [3.05, 3.63) is 0 Å². The lowest BCUT2D eigenvalue weighted by molar-refractivity contribution is 0.0560. The Labute approximate surface area is 60.8 Å². The van der Waals surface area contributed by atoms with Crippen LogP contribution in [0.15, 0.2) is 0 Å². The Morgan fingerprint density at radius 1 is 1.70 bits per heavy atom. The van der Waals surface area contributed by atoms with E-state index in [4.69, 9.17) is 4.74 Å². The van der Waals surface area contributed by atoms with Crippen LogP contribution in [0.25, 0.3) is 0 Å². The molecule has 1 fully saturated rings. The highest BCUT2D eigenvalue weighted by molar-refractivity contribution is 4.78. The van der Waals surface area contributed by atoms with Crippen LogP contribution in [-0.4, -0.2) is 32.0 Å². The SMILES string of the molecule is C[C@H]1C[C@H](OCCF)CN1. The van der Waals surface area contributed by atoms with Gasteiger partial charge >= 0.3 is 0 Å². The first kappa shape index (κ1) is 7.95. The van der Waals surface area contributed by atoms with Gasteiger partial charge in [-0.3, -0.25) is 0 Å². The first-order valence-electron chi connectivity index (χ1n) is 3.74. The maximum atomic E-state index is 11.6. The molecule has 1 rings (SSSR count). The summed E-state index contributed by atoms with van der Waals surface area (Å²) < 4.78 is 16.8. The zero-order valence-electron chi connectivity index (χ0n) is 6.27. The second-order valence-electron chi connectivity index (χ2n) is 2.73. The molecule has 1 saturated heterocycles. The number of halogens is 1. The Balaban J connectivity index is 2.06. The molecule has 0 aliphatic carbocycles. The van der Waals surface area contributed by atoms with Gasteiger partial charge in [0.15, 0.2) is 0 Å². The first-order chi connectivity index (χ1) is 4.83. The van der Waals surface area contributed by atoms with Gasteiger partial charge in [-0.25, -0.2) is 4.39 Å². The van der Waals surface area contributed by atoms with Gasteiger partial charge in [-0.05, 0) is 13.3 Å². The van der Waals surface area contributed by atoms with Crippen molar-refractivity contribution in [1.82, 2.24) is 5.32 Å². The molecular formula is C7H14FNO. The summed E-state index contributed by atoms with van der Waals surface area (Å²) in [5.74, 6) is 0. The Kier molecular flexibility index (Phi) is 3.09. The molecule has 1 aliphatic rings. The summed E-state index contributed by atoms with van der Waals surface area (Å²) in [7, 11) is 0. The van der Waals surface area contributed by atoms with Gasteiger partial charge in [0, 0.05) is 12.6 Å². The minimum Gasteiger partial charge on any atom is -0.374 e. The summed E-state index contributed by atoms with van der Waals surface area (Å²) in [5, 5.41) is 3.23. The van der Waals surface area contributed by atoms with Gasteiger partial charge in [0.2, 0.25) is 0 Å². The van der Waals surface area contributed by atoms with Gasteiger partial charge in [0.05, 0.1) is 12.7 Å². The minimum atomic E-state index is -0.370. The van der Waals surface area contributed by atoms with Crippen molar-refractivity contribution in [2.24, 2.45) is 0 Å². The van der Waals surface area contributed by atoms with Gasteiger partial charge in [0.25, 0.3) is 0 Å². The third-order valence-electron chi connectivity index (χ3n) is 1.74. The normalized spacial score (nSPS) is 33.0. The Bertz CT molecular complexity index is 99.6. The van der Waals surface area contributed by atoms with Crippen molar-refractivity contribution >= 4 is 0 Å². The zero-order chi connectivity index (χ0) is 7.40. The lowest BCUT2D eigenvalue weighted by atomic mass is 10.2. The highest BCUT2D eigenvalue weighted by Crippen LogP contribution is 2.08. The van der Waals surface area contributed by atoms with E-state index in [0.717, 1.165) is 13.0 Å². The van der Waals surface area contributed by atoms with Gasteiger partial charge < -0.3 is 10.1 Å². The molecule has 60 valence electrons. The molecule has 0 saturated carbocycles. The highest BCUT2D eigenvalue weighted by atomic mass is 19.1. The molecule has 0 unspecified atom stereocenters. The van der Waals surface area contributed by atoms with E-state index in [1.165, 1.54) is 0 Å². The van der Waals surface area contributed by atoms with Crippen LogP contribution in [0.2, 0.25) is 0 Å². The van der Waals surface area contributed by atoms with Crippen LogP contribution in [-0.2, 0) is 4.74 Å². The predicted octanol–water partition coefficient (Wildman–Crippen LogP) is 0.723. The van der Waals surface area contributed by atoms with Crippen LogP contribution in [0.4, 0.5) is 4.39 Å². The molecule has 2 atom stereocenters. The molecule has 2 nitrogen and oxygen atoms in total. The Hall–Kier alpha value is -0.150. The molecule has 3 heteroatoms. The van der Waals surface area contributed by atoms with E-state index >= 15 is 0 Å². The summed E-state index contributed by atoms with van der Waals surface area (Å²) in [5.41, 5.74) is 0. The van der Waals surface area contributed by atoms with Crippen LogP contribution >= 0.6 is 0 Å². The van der Waals surface area contributed by atoms with Crippen LogP contribution in [0.3, 0.4) is 0 Å². The quantitative estimate of drug-likeness (QED) is 0.635. The Morgan fingerprint density at radius 3 is 3.00 bits per heavy atom. The van der Waals surface area contributed by atoms with Crippen molar-refractivity contribution in [2.75, 3.05) is 19.8 Å². The average Bonchev–Trinajstić information content (AvgIpc) is 2.31. The summed E-state index contributed by atoms with van der Waals surface area (Å²) in [6.07, 6.45) is 1.26. The lowest BCUT2D eigenvalue weighted by Crippen LogP contribution is -2.19. The van der Waals surface area contributed by atoms with Gasteiger partial charge in [-0.15, -0.1) is 0 Å². The van der Waals surface area contributed by atoms with Crippen molar-refractivity contribution in [3.8, 4) is 0 Å². The molecule has 0 aromatic rings. The summed E-state index contributed by atoms with van der Waals surface area (Å²) in [4.78, 5) is 0. The van der Waals surface area contributed by atoms with Gasteiger partial charge in [-0.1, -0.05) is 0 Å². The second-order valence-corrected chi connectivity index (χ2v) is 2.73. The van der Waals surface area contributed by atoms with Crippen LogP contribution in [0, 0.1) is 0 Å². The molecule has 0 amide bonds. The monoisotopic (exact) mass is 147 g/mol. The van der Waals surface area contributed by atoms with Gasteiger partial charge in [-0.2, -0.15) is 0 Å². The van der Waals surface area contributed by atoms with E-state index in [1.807, 2.05) is 0 Å². The van der Waals surface area contributed by atoms with E-state index in [1.54, 1.807) is 0 Å². The van der Waals surface area contributed by atoms with Crippen molar-refractivity contribution in [2.45, 2.75) is 25.5 Å². The number of hydrogen-bond acceptors (Lipinski definition) is 2. The second kappa shape index (κ2) is 3.88. The fourth-order valence-corrected chi connectivity index (χ4v) is 1.23. The molecule has 1 heterocycles. The van der Waals surface area contributed by atoms with E-state index in [2.05, 4.69) is 12.2 Å². The number of ether oxygens (including phenoxy) is 1. The minimum absolute atomic E-state index is 0.241. The number of hydrogen-bond donors (Lipinski definition) is 1. The third kappa shape index (κ3) is 2.23. The smallest absolute Gasteiger partial charge is 0.113 e. The fraction of sp³-hybridized carbons (Fsp3) is 1.00. The van der Waals surface area contributed by atoms with E-state index in [-0.39, 0.29) is 19.4 Å². The highest BCUT2D eigenvalue weighted by Gasteiger charge is 2.20. The number of nitrogens with one attached hydrogen (secondary N) is 1. The van der Waals surface area contributed by atoms with Crippen molar-refractivity contribution in [1.29, 1.82) is 0 Å². The molecule has 0 aromatic carbocycles. The Morgan fingerprint density at radius 2 is 2.50 bits per heavy atom. The zero-order valence-corrected chi connectivity index (χ0v) is 6.27. The summed E-state index contributed by atoms with van der Waals surface area (Å²) in [6, 6.07) is 0.532. The third-order valence-corrected chi connectivity index (χ3v) is 1.74. The molecule has 10 heavy (non-hydrogen) atoms. The van der Waals surface area contributed by atoms with Crippen molar-refractivity contribution in [3.63, 3.8) is 0 Å². The maximum absolute atomic E-state index is 11.6. The van der Waals surface area contributed by atoms with E-state index in [9.17, 15) is 4.39 Å². The van der Waals surface area contributed by atoms with Crippen LogP contribution in [0.5, 0.6) is 0 Å². The molecule has 1 N–H and O–H groups in total. The van der Waals surface area contributed by atoms with Gasteiger partial charge in [0.1, 0.15) is 6.67 Å². The molecule has 0 spiro atoms. The molecular weight excluding hydrogens is 133 g/mol.